The van der Waals surface area contributed by atoms with Crippen LogP contribution in [0.15, 0.2) is 53.9 Å². The van der Waals surface area contributed by atoms with Crippen molar-refractivity contribution in [2.75, 3.05) is 18.1 Å². The number of ether oxygens (including phenoxy) is 1. The van der Waals surface area contributed by atoms with Crippen LogP contribution in [0.1, 0.15) is 27.9 Å². The molecule has 6 nitrogen and oxygen atoms in total. The van der Waals surface area contributed by atoms with Gasteiger partial charge < -0.3 is 4.74 Å². The average Bonchev–Trinajstić information content (AvgIpc) is 3.41. The van der Waals surface area contributed by atoms with Gasteiger partial charge in [0, 0.05) is 29.5 Å². The van der Waals surface area contributed by atoms with Gasteiger partial charge >= 0.3 is 5.97 Å². The molecule has 3 aromatic rings. The number of aryl methyl sites for hydroxylation is 2. The van der Waals surface area contributed by atoms with Crippen LogP contribution in [0.2, 0.25) is 0 Å². The summed E-state index contributed by atoms with van der Waals surface area (Å²) in [5, 5.41) is 2.46. The number of rotatable bonds is 6. The normalized spacial score (nSPS) is 15.9. The summed E-state index contributed by atoms with van der Waals surface area (Å²) in [5.74, 6) is -1.57. The van der Waals surface area contributed by atoms with Crippen molar-refractivity contribution in [3.63, 3.8) is 0 Å². The quantitative estimate of drug-likeness (QED) is 0.429. The van der Waals surface area contributed by atoms with E-state index in [2.05, 4.69) is 4.98 Å². The number of hydrogen-bond donors (Lipinski definition) is 0. The lowest BCUT2D eigenvalue weighted by molar-refractivity contribution is -0.147. The number of carbonyl (C=O) groups is 3. The predicted octanol–water partition coefficient (Wildman–Crippen LogP) is 4.21. The lowest BCUT2D eigenvalue weighted by atomic mass is 10.0. The van der Waals surface area contributed by atoms with Gasteiger partial charge in [-0.2, -0.15) is 0 Å². The molecule has 0 radical (unpaired) electrons. The number of aromatic nitrogens is 1. The molecule has 0 bridgehead atoms. The monoisotopic (exact) mass is 434 g/mol. The molecule has 1 fully saturated rings. The number of nitrogens with zero attached hydrogens (tertiary/aromatic N) is 2. The fourth-order valence-electron chi connectivity index (χ4n) is 3.43. The zero-order valence-electron chi connectivity index (χ0n) is 17.3. The van der Waals surface area contributed by atoms with E-state index in [0.29, 0.717) is 10.7 Å². The van der Waals surface area contributed by atoms with Crippen molar-refractivity contribution in [3.8, 4) is 11.3 Å². The van der Waals surface area contributed by atoms with Gasteiger partial charge in [-0.25, -0.2) is 4.98 Å². The van der Waals surface area contributed by atoms with E-state index in [-0.39, 0.29) is 31.3 Å². The highest BCUT2D eigenvalue weighted by Crippen LogP contribution is 2.31. The Labute approximate surface area is 184 Å². The number of esters is 1. The fourth-order valence-corrected chi connectivity index (χ4v) is 4.29. The van der Waals surface area contributed by atoms with Gasteiger partial charge in [-0.15, -0.1) is 11.3 Å². The van der Waals surface area contributed by atoms with Crippen LogP contribution in [0.5, 0.6) is 0 Å². The van der Waals surface area contributed by atoms with Crippen molar-refractivity contribution in [3.05, 3.63) is 70.6 Å². The van der Waals surface area contributed by atoms with Gasteiger partial charge in [0.05, 0.1) is 11.6 Å². The summed E-state index contributed by atoms with van der Waals surface area (Å²) in [6.45, 7) is 3.77. The molecular weight excluding hydrogens is 412 g/mol. The number of anilines is 1. The van der Waals surface area contributed by atoms with Crippen molar-refractivity contribution in [2.24, 2.45) is 5.92 Å². The van der Waals surface area contributed by atoms with Gasteiger partial charge in [-0.3, -0.25) is 19.3 Å². The summed E-state index contributed by atoms with van der Waals surface area (Å²) in [5.41, 5.74) is 4.37. The van der Waals surface area contributed by atoms with Crippen LogP contribution >= 0.6 is 11.3 Å². The van der Waals surface area contributed by atoms with Crippen LogP contribution in [0.4, 0.5) is 5.13 Å². The second-order valence-corrected chi connectivity index (χ2v) is 8.45. The Morgan fingerprint density at radius 1 is 1.13 bits per heavy atom. The molecule has 0 saturated carbocycles. The van der Waals surface area contributed by atoms with Crippen LogP contribution in [0, 0.1) is 19.8 Å². The molecule has 1 aromatic heterocycles. The molecule has 0 N–H and O–H groups in total. The van der Waals surface area contributed by atoms with Gasteiger partial charge in [0.15, 0.2) is 17.5 Å². The van der Waals surface area contributed by atoms with E-state index in [1.807, 2.05) is 55.6 Å². The number of ketones is 1. The van der Waals surface area contributed by atoms with Gasteiger partial charge in [0.25, 0.3) is 0 Å². The minimum Gasteiger partial charge on any atom is -0.457 e. The molecule has 7 heteroatoms. The number of carbonyl (C=O) groups excluding carboxylic acids is 3. The SMILES string of the molecule is Cc1ccc(C(=O)COC(=O)[C@H]2CC(=O)N(c3nc(-c4ccccc4)cs3)C2)cc1C. The van der Waals surface area contributed by atoms with E-state index in [0.717, 1.165) is 22.4 Å². The molecule has 0 spiro atoms. The number of hydrogen-bond acceptors (Lipinski definition) is 6. The van der Waals surface area contributed by atoms with Gasteiger partial charge in [0.1, 0.15) is 0 Å². The highest BCUT2D eigenvalue weighted by Gasteiger charge is 2.37. The molecule has 1 aliphatic rings. The summed E-state index contributed by atoms with van der Waals surface area (Å²) in [7, 11) is 0. The molecule has 4 rings (SSSR count). The first-order valence-corrected chi connectivity index (χ1v) is 10.9. The summed E-state index contributed by atoms with van der Waals surface area (Å²) < 4.78 is 5.23. The van der Waals surface area contributed by atoms with Crippen LogP contribution in [-0.4, -0.2) is 35.8 Å². The Morgan fingerprint density at radius 3 is 2.65 bits per heavy atom. The third kappa shape index (κ3) is 4.56. The Balaban J connectivity index is 1.36. The Bertz CT molecular complexity index is 1140. The fraction of sp³-hybridized carbons (Fsp3) is 0.250. The van der Waals surface area contributed by atoms with Crippen molar-refractivity contribution in [1.29, 1.82) is 0 Å². The third-order valence-electron chi connectivity index (χ3n) is 5.43. The molecule has 1 saturated heterocycles. The molecule has 158 valence electrons. The Morgan fingerprint density at radius 2 is 1.90 bits per heavy atom. The maximum Gasteiger partial charge on any atom is 0.311 e. The van der Waals surface area contributed by atoms with Crippen molar-refractivity contribution < 1.29 is 19.1 Å². The minimum atomic E-state index is -0.607. The number of Topliss-reactive ketones (excluding diaryl/α,β-unsaturated/α-hetero) is 1. The van der Waals surface area contributed by atoms with E-state index in [1.165, 1.54) is 16.2 Å². The Kier molecular flexibility index (Phi) is 5.95. The maximum absolute atomic E-state index is 12.5. The van der Waals surface area contributed by atoms with E-state index in [9.17, 15) is 14.4 Å². The molecule has 1 atom stereocenters. The predicted molar refractivity (Wildman–Crippen MR) is 119 cm³/mol. The number of benzene rings is 2. The van der Waals surface area contributed by atoms with Gasteiger partial charge in [-0.05, 0) is 31.0 Å². The molecule has 2 heterocycles. The molecule has 2 aromatic carbocycles. The zero-order valence-corrected chi connectivity index (χ0v) is 18.1. The van der Waals surface area contributed by atoms with E-state index >= 15 is 0 Å². The number of thiazole rings is 1. The van der Waals surface area contributed by atoms with E-state index in [1.54, 1.807) is 12.1 Å². The summed E-state index contributed by atoms with van der Waals surface area (Å²) in [4.78, 5) is 43.4. The lowest BCUT2D eigenvalue weighted by Gasteiger charge is -2.13. The first-order chi connectivity index (χ1) is 14.9. The molecular formula is C24H22N2O4S. The van der Waals surface area contributed by atoms with Crippen molar-refractivity contribution in [2.45, 2.75) is 20.3 Å². The summed E-state index contributed by atoms with van der Waals surface area (Å²) >= 11 is 1.36. The molecule has 31 heavy (non-hydrogen) atoms. The molecule has 1 aliphatic heterocycles. The highest BCUT2D eigenvalue weighted by atomic mass is 32.1. The lowest BCUT2D eigenvalue weighted by Crippen LogP contribution is -2.27. The van der Waals surface area contributed by atoms with Crippen molar-refractivity contribution in [1.82, 2.24) is 4.98 Å². The summed E-state index contributed by atoms with van der Waals surface area (Å²) in [6, 6.07) is 15.1. The molecule has 0 aliphatic carbocycles. The van der Waals surface area contributed by atoms with E-state index < -0.39 is 11.9 Å². The molecule has 0 unspecified atom stereocenters. The average molecular weight is 435 g/mol. The first kappa shape index (κ1) is 20.9. The highest BCUT2D eigenvalue weighted by molar-refractivity contribution is 7.14. The zero-order chi connectivity index (χ0) is 22.0. The van der Waals surface area contributed by atoms with Crippen molar-refractivity contribution >= 4 is 34.1 Å². The second kappa shape index (κ2) is 8.81. The van der Waals surface area contributed by atoms with Gasteiger partial charge in [-0.1, -0.05) is 42.5 Å². The molecule has 1 amide bonds. The van der Waals surface area contributed by atoms with E-state index in [4.69, 9.17) is 4.74 Å². The Hall–Kier alpha value is -3.32. The summed E-state index contributed by atoms with van der Waals surface area (Å²) in [6.07, 6.45) is 0.0525. The topological polar surface area (TPSA) is 76.6 Å². The minimum absolute atomic E-state index is 0.0525. The maximum atomic E-state index is 12.5. The largest absolute Gasteiger partial charge is 0.457 e. The van der Waals surface area contributed by atoms with Crippen LogP contribution in [0.3, 0.4) is 0 Å². The first-order valence-electron chi connectivity index (χ1n) is 10.0. The standard InChI is InChI=1S/C24H22N2O4S/c1-15-8-9-18(10-16(15)2)21(27)13-30-23(29)19-11-22(28)26(12-19)24-25-20(14-31-24)17-6-4-3-5-7-17/h3-10,14,19H,11-13H2,1-2H3/t19-/m0/s1. The van der Waals surface area contributed by atoms with Crippen LogP contribution in [0.25, 0.3) is 11.3 Å². The number of amides is 1. The van der Waals surface area contributed by atoms with Gasteiger partial charge in [0.2, 0.25) is 5.91 Å². The smallest absolute Gasteiger partial charge is 0.311 e. The second-order valence-electron chi connectivity index (χ2n) is 7.62. The third-order valence-corrected chi connectivity index (χ3v) is 6.29. The van der Waals surface area contributed by atoms with Crippen LogP contribution in [-0.2, 0) is 14.3 Å². The van der Waals surface area contributed by atoms with Crippen LogP contribution < -0.4 is 4.90 Å².